The lowest BCUT2D eigenvalue weighted by Crippen LogP contribution is -1.88. The second kappa shape index (κ2) is 4.89. The first-order valence-electron chi connectivity index (χ1n) is 4.08. The summed E-state index contributed by atoms with van der Waals surface area (Å²) in [6.45, 7) is 2.17. The number of nitrogens with zero attached hydrogens (tertiary/aromatic N) is 2. The molecule has 0 bridgehead atoms. The van der Waals surface area contributed by atoms with E-state index in [1.165, 1.54) is 12.8 Å². The zero-order valence-electron chi connectivity index (χ0n) is 7.16. The fourth-order valence-electron chi connectivity index (χ4n) is 0.887. The lowest BCUT2D eigenvalue weighted by molar-refractivity contribution is 0.891. The Morgan fingerprint density at radius 3 is 3.17 bits per heavy atom. The SMILES string of the molecule is CCCCSc1cccn1C#N. The van der Waals surface area contributed by atoms with Gasteiger partial charge in [0.25, 0.3) is 0 Å². The van der Waals surface area contributed by atoms with Crippen LogP contribution in [0.25, 0.3) is 0 Å². The number of unbranched alkanes of at least 4 members (excludes halogenated alkanes) is 1. The molecule has 0 N–H and O–H groups in total. The summed E-state index contributed by atoms with van der Waals surface area (Å²) in [4.78, 5) is 0. The van der Waals surface area contributed by atoms with Crippen LogP contribution >= 0.6 is 11.8 Å². The minimum absolute atomic E-state index is 1.05. The fourth-order valence-corrected chi connectivity index (χ4v) is 1.94. The highest BCUT2D eigenvalue weighted by Crippen LogP contribution is 2.18. The van der Waals surface area contributed by atoms with Crippen LogP contribution in [0.1, 0.15) is 19.8 Å². The number of thioether (sulfide) groups is 1. The van der Waals surface area contributed by atoms with E-state index in [0.717, 1.165) is 10.8 Å². The molecule has 2 nitrogen and oxygen atoms in total. The first-order chi connectivity index (χ1) is 5.88. The third-order valence-corrected chi connectivity index (χ3v) is 2.69. The summed E-state index contributed by atoms with van der Waals surface area (Å²) >= 11 is 1.74. The van der Waals surface area contributed by atoms with Crippen LogP contribution in [0, 0.1) is 11.5 Å². The molecular weight excluding hydrogens is 168 g/mol. The van der Waals surface area contributed by atoms with Crippen LogP contribution < -0.4 is 0 Å². The van der Waals surface area contributed by atoms with Gasteiger partial charge in [-0.15, -0.1) is 11.8 Å². The van der Waals surface area contributed by atoms with Crippen molar-refractivity contribution < 1.29 is 0 Å². The molecule has 0 spiro atoms. The molecule has 0 unspecified atom stereocenters. The first kappa shape index (κ1) is 9.21. The maximum Gasteiger partial charge on any atom is 0.189 e. The molecule has 3 heteroatoms. The normalized spacial score (nSPS) is 9.67. The van der Waals surface area contributed by atoms with Gasteiger partial charge in [-0.05, 0) is 24.3 Å². The number of aromatic nitrogens is 1. The van der Waals surface area contributed by atoms with Crippen molar-refractivity contribution in [2.24, 2.45) is 0 Å². The molecule has 1 aromatic rings. The van der Waals surface area contributed by atoms with Crippen LogP contribution in [0.3, 0.4) is 0 Å². The zero-order valence-corrected chi connectivity index (χ0v) is 7.97. The predicted molar refractivity (Wildman–Crippen MR) is 51.1 cm³/mol. The molecule has 0 aliphatic heterocycles. The van der Waals surface area contributed by atoms with E-state index in [2.05, 4.69) is 13.1 Å². The third kappa shape index (κ3) is 2.31. The summed E-state index contributed by atoms with van der Waals surface area (Å²) in [5.74, 6) is 1.10. The van der Waals surface area contributed by atoms with Gasteiger partial charge in [0.1, 0.15) is 0 Å². The number of rotatable bonds is 4. The average molecular weight is 180 g/mol. The van der Waals surface area contributed by atoms with E-state index in [-0.39, 0.29) is 0 Å². The summed E-state index contributed by atoms with van der Waals surface area (Å²) in [7, 11) is 0. The Labute approximate surface area is 77.2 Å². The molecule has 0 saturated heterocycles. The molecule has 0 aliphatic rings. The van der Waals surface area contributed by atoms with Gasteiger partial charge in [-0.3, -0.25) is 0 Å². The van der Waals surface area contributed by atoms with Crippen LogP contribution in [0.4, 0.5) is 0 Å². The minimum atomic E-state index is 1.05. The molecule has 0 amide bonds. The largest absolute Gasteiger partial charge is 0.249 e. The Balaban J connectivity index is 2.46. The topological polar surface area (TPSA) is 28.7 Å². The predicted octanol–water partition coefficient (Wildman–Crippen LogP) is 2.71. The number of nitriles is 1. The molecule has 12 heavy (non-hydrogen) atoms. The van der Waals surface area contributed by atoms with Gasteiger partial charge in [-0.25, -0.2) is 4.57 Å². The summed E-state index contributed by atoms with van der Waals surface area (Å²) in [5.41, 5.74) is 0. The highest BCUT2D eigenvalue weighted by molar-refractivity contribution is 7.99. The number of hydrogen-bond donors (Lipinski definition) is 0. The summed E-state index contributed by atoms with van der Waals surface area (Å²) in [6.07, 6.45) is 6.30. The second-order valence-corrected chi connectivity index (χ2v) is 3.63. The quantitative estimate of drug-likeness (QED) is 0.526. The Kier molecular flexibility index (Phi) is 3.75. The molecule has 0 saturated carbocycles. The van der Waals surface area contributed by atoms with E-state index in [0.29, 0.717) is 0 Å². The van der Waals surface area contributed by atoms with Crippen molar-refractivity contribution in [1.29, 1.82) is 5.26 Å². The van der Waals surface area contributed by atoms with Gasteiger partial charge >= 0.3 is 0 Å². The van der Waals surface area contributed by atoms with Gasteiger partial charge < -0.3 is 0 Å². The van der Waals surface area contributed by atoms with Crippen molar-refractivity contribution in [3.05, 3.63) is 18.3 Å². The molecule has 0 radical (unpaired) electrons. The average Bonchev–Trinajstić information content (AvgIpc) is 2.52. The number of hydrogen-bond acceptors (Lipinski definition) is 2. The highest BCUT2D eigenvalue weighted by atomic mass is 32.2. The maximum absolute atomic E-state index is 8.66. The van der Waals surface area contributed by atoms with Crippen LogP contribution in [-0.2, 0) is 0 Å². The third-order valence-electron chi connectivity index (χ3n) is 1.57. The summed E-state index contributed by atoms with van der Waals surface area (Å²) in [6, 6.07) is 3.88. The van der Waals surface area contributed by atoms with Gasteiger partial charge in [-0.1, -0.05) is 13.3 Å². The monoisotopic (exact) mass is 180 g/mol. The van der Waals surface area contributed by atoms with E-state index in [4.69, 9.17) is 5.26 Å². The van der Waals surface area contributed by atoms with Gasteiger partial charge in [0, 0.05) is 6.20 Å². The zero-order chi connectivity index (χ0) is 8.81. The van der Waals surface area contributed by atoms with Gasteiger partial charge in [0.15, 0.2) is 6.19 Å². The van der Waals surface area contributed by atoms with Gasteiger partial charge in [0.05, 0.1) is 5.03 Å². The van der Waals surface area contributed by atoms with Crippen LogP contribution in [-0.4, -0.2) is 10.3 Å². The van der Waals surface area contributed by atoms with Crippen LogP contribution in [0.5, 0.6) is 0 Å². The Morgan fingerprint density at radius 1 is 1.67 bits per heavy atom. The Bertz CT molecular complexity index is 272. The first-order valence-corrected chi connectivity index (χ1v) is 5.07. The maximum atomic E-state index is 8.66. The molecule has 0 atom stereocenters. The molecular formula is C9H12N2S. The standard InChI is InChI=1S/C9H12N2S/c1-2-3-7-12-9-5-4-6-11(9)8-10/h4-6H,2-3,7H2,1H3. The van der Waals surface area contributed by atoms with Crippen molar-refractivity contribution in [2.75, 3.05) is 5.75 Å². The lowest BCUT2D eigenvalue weighted by Gasteiger charge is -1.98. The lowest BCUT2D eigenvalue weighted by atomic mass is 10.4. The minimum Gasteiger partial charge on any atom is -0.249 e. The van der Waals surface area contributed by atoms with E-state index < -0.39 is 0 Å². The molecule has 0 fully saturated rings. The van der Waals surface area contributed by atoms with Crippen LogP contribution in [0.2, 0.25) is 0 Å². The van der Waals surface area contributed by atoms with E-state index >= 15 is 0 Å². The Morgan fingerprint density at radius 2 is 2.50 bits per heavy atom. The van der Waals surface area contributed by atoms with Crippen molar-refractivity contribution in [1.82, 2.24) is 4.57 Å². The summed E-state index contributed by atoms with van der Waals surface area (Å²) < 4.78 is 1.60. The molecule has 64 valence electrons. The van der Waals surface area contributed by atoms with Crippen molar-refractivity contribution in [3.63, 3.8) is 0 Å². The molecule has 0 aromatic carbocycles. The molecule has 1 rings (SSSR count). The highest BCUT2D eigenvalue weighted by Gasteiger charge is 1.98. The van der Waals surface area contributed by atoms with E-state index in [1.54, 1.807) is 22.5 Å². The Hall–Kier alpha value is -0.880. The van der Waals surface area contributed by atoms with Gasteiger partial charge in [-0.2, -0.15) is 5.26 Å². The van der Waals surface area contributed by atoms with E-state index in [1.807, 2.05) is 12.1 Å². The van der Waals surface area contributed by atoms with E-state index in [9.17, 15) is 0 Å². The fraction of sp³-hybridized carbons (Fsp3) is 0.444. The summed E-state index contributed by atoms with van der Waals surface area (Å²) in [5, 5.41) is 9.71. The van der Waals surface area contributed by atoms with Crippen molar-refractivity contribution in [2.45, 2.75) is 24.8 Å². The van der Waals surface area contributed by atoms with Crippen LogP contribution in [0.15, 0.2) is 23.4 Å². The van der Waals surface area contributed by atoms with Gasteiger partial charge in [0.2, 0.25) is 0 Å². The molecule has 1 heterocycles. The smallest absolute Gasteiger partial charge is 0.189 e. The molecule has 0 aliphatic carbocycles. The van der Waals surface area contributed by atoms with Crippen molar-refractivity contribution in [3.8, 4) is 6.19 Å². The second-order valence-electron chi connectivity index (χ2n) is 2.52. The van der Waals surface area contributed by atoms with Crippen molar-refractivity contribution >= 4 is 11.8 Å². The molecule has 1 aromatic heterocycles.